The third-order valence-corrected chi connectivity index (χ3v) is 0.668. The zero-order valence-corrected chi connectivity index (χ0v) is 4.57. The highest BCUT2D eigenvalue weighted by Crippen LogP contribution is 1.92. The summed E-state index contributed by atoms with van der Waals surface area (Å²) in [6.07, 6.45) is 1.23. The van der Waals surface area contributed by atoms with Gasteiger partial charge in [0.2, 0.25) is 0 Å². The molecule has 7 heavy (non-hydrogen) atoms. The van der Waals surface area contributed by atoms with Crippen molar-refractivity contribution in [3.05, 3.63) is 11.8 Å². The van der Waals surface area contributed by atoms with Crippen molar-refractivity contribution < 1.29 is 9.90 Å². The first-order valence-electron chi connectivity index (χ1n) is 1.73. The van der Waals surface area contributed by atoms with Crippen LogP contribution < -0.4 is 0 Å². The third kappa shape index (κ3) is 2.23. The number of halogens is 1. The minimum absolute atomic E-state index is 0.401. The smallest absolute Gasteiger partial charge is 0.286 e. The Morgan fingerprint density at radius 3 is 2.29 bits per heavy atom. The van der Waals surface area contributed by atoms with Gasteiger partial charge in [-0.1, -0.05) is 0 Å². The van der Waals surface area contributed by atoms with Crippen LogP contribution in [0.3, 0.4) is 0 Å². The maximum Gasteiger partial charge on any atom is 0.286 e. The summed E-state index contributed by atoms with van der Waals surface area (Å²) in [5.74, 6) is -0.401. The largest absolute Gasteiger partial charge is 0.504 e. The quantitative estimate of drug-likeness (QED) is 0.321. The Labute approximate surface area is 46.4 Å². The van der Waals surface area contributed by atoms with E-state index < -0.39 is 11.0 Å². The molecule has 0 saturated carbocycles. The number of hydrogen-bond acceptors (Lipinski definition) is 2. The average molecular weight is 121 g/mol. The fourth-order valence-electron chi connectivity index (χ4n) is 0.113. The highest BCUT2D eigenvalue weighted by atomic mass is 35.5. The summed E-state index contributed by atoms with van der Waals surface area (Å²) in [7, 11) is 0. The second-order valence-corrected chi connectivity index (χ2v) is 1.29. The van der Waals surface area contributed by atoms with Crippen LogP contribution in [0.4, 0.5) is 0 Å². The molecule has 0 unspecified atom stereocenters. The standard InChI is InChI=1S/C4H5ClO2/c1-2-3(6)4(5)7/h2,6H,1H3/b3-2+. The number of allylic oxidation sites excluding steroid dienone is 2. The van der Waals surface area contributed by atoms with Gasteiger partial charge in [0, 0.05) is 0 Å². The van der Waals surface area contributed by atoms with Crippen LogP contribution in [-0.2, 0) is 4.79 Å². The Hall–Kier alpha value is -0.500. The Balaban J connectivity index is 3.82. The van der Waals surface area contributed by atoms with E-state index in [1.54, 1.807) is 0 Å². The molecule has 0 aliphatic rings. The van der Waals surface area contributed by atoms with Gasteiger partial charge in [-0.2, -0.15) is 0 Å². The molecule has 0 saturated heterocycles. The van der Waals surface area contributed by atoms with Crippen molar-refractivity contribution in [3.8, 4) is 0 Å². The summed E-state index contributed by atoms with van der Waals surface area (Å²) in [4.78, 5) is 9.82. The molecule has 0 aliphatic carbocycles. The van der Waals surface area contributed by atoms with Crippen LogP contribution >= 0.6 is 11.6 Å². The zero-order chi connectivity index (χ0) is 5.86. The lowest BCUT2D eigenvalue weighted by molar-refractivity contribution is -0.110. The lowest BCUT2D eigenvalue weighted by Crippen LogP contribution is -1.88. The third-order valence-electron chi connectivity index (χ3n) is 0.475. The van der Waals surface area contributed by atoms with E-state index in [1.807, 2.05) is 0 Å². The van der Waals surface area contributed by atoms with Gasteiger partial charge in [-0.25, -0.2) is 0 Å². The van der Waals surface area contributed by atoms with E-state index in [0.29, 0.717) is 0 Å². The van der Waals surface area contributed by atoms with E-state index in [4.69, 9.17) is 16.7 Å². The van der Waals surface area contributed by atoms with Crippen molar-refractivity contribution in [2.75, 3.05) is 0 Å². The lowest BCUT2D eigenvalue weighted by atomic mass is 10.5. The van der Waals surface area contributed by atoms with Gasteiger partial charge in [-0.15, -0.1) is 0 Å². The van der Waals surface area contributed by atoms with E-state index in [2.05, 4.69) is 0 Å². The van der Waals surface area contributed by atoms with Gasteiger partial charge in [0.15, 0.2) is 5.76 Å². The maximum atomic E-state index is 9.82. The summed E-state index contributed by atoms with van der Waals surface area (Å²) in [6.45, 7) is 1.52. The normalized spacial score (nSPS) is 11.4. The fourth-order valence-corrected chi connectivity index (χ4v) is 0.223. The minimum Gasteiger partial charge on any atom is -0.504 e. The van der Waals surface area contributed by atoms with Gasteiger partial charge in [0.05, 0.1) is 0 Å². The Morgan fingerprint density at radius 2 is 2.29 bits per heavy atom. The molecule has 1 N–H and O–H groups in total. The van der Waals surface area contributed by atoms with Crippen LogP contribution in [0.25, 0.3) is 0 Å². The Morgan fingerprint density at radius 1 is 1.86 bits per heavy atom. The van der Waals surface area contributed by atoms with Crippen molar-refractivity contribution in [1.29, 1.82) is 0 Å². The first-order valence-corrected chi connectivity index (χ1v) is 2.11. The summed E-state index contributed by atoms with van der Waals surface area (Å²) >= 11 is 4.77. The number of rotatable bonds is 1. The second kappa shape index (κ2) is 2.64. The first-order chi connectivity index (χ1) is 3.18. The van der Waals surface area contributed by atoms with Gasteiger partial charge in [0.1, 0.15) is 0 Å². The van der Waals surface area contributed by atoms with Crippen LogP contribution in [-0.4, -0.2) is 10.3 Å². The van der Waals surface area contributed by atoms with E-state index >= 15 is 0 Å². The van der Waals surface area contributed by atoms with E-state index in [9.17, 15) is 4.79 Å². The molecule has 0 aliphatic heterocycles. The van der Waals surface area contributed by atoms with Gasteiger partial charge < -0.3 is 5.11 Å². The predicted octanol–water partition coefficient (Wildman–Crippen LogP) is 1.21. The highest BCUT2D eigenvalue weighted by Gasteiger charge is 1.96. The molecule has 0 bridgehead atoms. The molecule has 0 rings (SSSR count). The van der Waals surface area contributed by atoms with Crippen molar-refractivity contribution in [2.24, 2.45) is 0 Å². The van der Waals surface area contributed by atoms with Crippen LogP contribution in [0.5, 0.6) is 0 Å². The zero-order valence-electron chi connectivity index (χ0n) is 3.81. The number of aliphatic hydroxyl groups is 1. The topological polar surface area (TPSA) is 37.3 Å². The lowest BCUT2D eigenvalue weighted by Gasteiger charge is -1.82. The number of aliphatic hydroxyl groups excluding tert-OH is 1. The van der Waals surface area contributed by atoms with Crippen molar-refractivity contribution in [2.45, 2.75) is 6.92 Å². The summed E-state index contributed by atoms with van der Waals surface area (Å²) in [5, 5.41) is 7.50. The fraction of sp³-hybridized carbons (Fsp3) is 0.250. The summed E-state index contributed by atoms with van der Waals surface area (Å²) in [5.41, 5.74) is 0. The molecule has 0 aromatic rings. The molecule has 0 aromatic carbocycles. The SMILES string of the molecule is C/C=C(/O)C(=O)Cl. The average Bonchev–Trinajstić information content (AvgIpc) is 1.65. The van der Waals surface area contributed by atoms with Crippen LogP contribution in [0.2, 0.25) is 0 Å². The molecule has 0 radical (unpaired) electrons. The Kier molecular flexibility index (Phi) is 2.45. The molecule has 0 amide bonds. The molecule has 40 valence electrons. The number of hydrogen-bond donors (Lipinski definition) is 1. The van der Waals surface area contributed by atoms with Crippen molar-refractivity contribution in [3.63, 3.8) is 0 Å². The van der Waals surface area contributed by atoms with Crippen molar-refractivity contribution >= 4 is 16.8 Å². The van der Waals surface area contributed by atoms with Gasteiger partial charge in [0.25, 0.3) is 5.24 Å². The molecule has 0 fully saturated rings. The van der Waals surface area contributed by atoms with Gasteiger partial charge in [-0.05, 0) is 24.6 Å². The summed E-state index contributed by atoms with van der Waals surface area (Å²) < 4.78 is 0. The van der Waals surface area contributed by atoms with Crippen LogP contribution in [0.15, 0.2) is 11.8 Å². The number of carbonyl (C=O) groups excluding carboxylic acids is 1. The first kappa shape index (κ1) is 6.50. The molecule has 0 atom stereocenters. The molecule has 2 nitrogen and oxygen atoms in total. The summed E-state index contributed by atoms with van der Waals surface area (Å²) in [6, 6.07) is 0. The van der Waals surface area contributed by atoms with Gasteiger partial charge >= 0.3 is 0 Å². The van der Waals surface area contributed by atoms with E-state index in [-0.39, 0.29) is 0 Å². The van der Waals surface area contributed by atoms with Crippen molar-refractivity contribution in [1.82, 2.24) is 0 Å². The molecular weight excluding hydrogens is 115 g/mol. The Bertz CT molecular complexity index is 106. The monoisotopic (exact) mass is 120 g/mol. The van der Waals surface area contributed by atoms with E-state index in [1.165, 1.54) is 13.0 Å². The van der Waals surface area contributed by atoms with Crippen LogP contribution in [0, 0.1) is 0 Å². The molecular formula is C4H5ClO2. The van der Waals surface area contributed by atoms with Crippen LogP contribution in [0.1, 0.15) is 6.92 Å². The molecule has 3 heteroatoms. The molecule has 0 spiro atoms. The molecule has 0 heterocycles. The second-order valence-electron chi connectivity index (χ2n) is 0.948. The predicted molar refractivity (Wildman–Crippen MR) is 27.2 cm³/mol. The molecule has 0 aromatic heterocycles. The minimum atomic E-state index is -0.817. The maximum absolute atomic E-state index is 9.82. The van der Waals surface area contributed by atoms with E-state index in [0.717, 1.165) is 0 Å². The van der Waals surface area contributed by atoms with Gasteiger partial charge in [-0.3, -0.25) is 4.79 Å². The number of carbonyl (C=O) groups is 1. The highest BCUT2D eigenvalue weighted by molar-refractivity contribution is 6.67.